The Bertz CT molecular complexity index is 1130. The van der Waals surface area contributed by atoms with Crippen LogP contribution in [0.1, 0.15) is 45.9 Å². The number of nitrogens with zero attached hydrogens (tertiary/aromatic N) is 5. The molecule has 0 unspecified atom stereocenters. The summed E-state index contributed by atoms with van der Waals surface area (Å²) in [5.41, 5.74) is -0.183. The van der Waals surface area contributed by atoms with Gasteiger partial charge in [-0.2, -0.15) is 23.3 Å². The van der Waals surface area contributed by atoms with Crippen LogP contribution < -0.4 is 0 Å². The third-order valence-corrected chi connectivity index (χ3v) is 4.68. The molecule has 0 saturated heterocycles. The Hall–Kier alpha value is -3.50. The van der Waals surface area contributed by atoms with Crippen LogP contribution in [0.25, 0.3) is 5.69 Å². The Labute approximate surface area is 175 Å². The maximum Gasteiger partial charge on any atom is 0.416 e. The van der Waals surface area contributed by atoms with Gasteiger partial charge in [-0.15, -0.1) is 0 Å². The topological polar surface area (TPSA) is 94.1 Å². The number of aromatic nitrogens is 4. The Morgan fingerprint density at radius 3 is 2.55 bits per heavy atom. The lowest BCUT2D eigenvalue weighted by atomic mass is 10.1. The molecule has 3 rings (SSSR count). The third-order valence-electron chi connectivity index (χ3n) is 4.68. The maximum absolute atomic E-state index is 13.0. The minimum absolute atomic E-state index is 0.0361. The fourth-order valence-electron chi connectivity index (χ4n) is 3.09. The van der Waals surface area contributed by atoms with Gasteiger partial charge in [0.1, 0.15) is 6.54 Å². The van der Waals surface area contributed by atoms with E-state index in [4.69, 9.17) is 4.52 Å². The van der Waals surface area contributed by atoms with Gasteiger partial charge in [-0.1, -0.05) is 18.1 Å². The zero-order valence-electron chi connectivity index (χ0n) is 17.3. The molecule has 0 aliphatic rings. The quantitative estimate of drug-likeness (QED) is 0.436. The number of Topliss-reactive ketones (excluding diaryl/α,β-unsaturated/α-hetero) is 1. The van der Waals surface area contributed by atoms with Gasteiger partial charge in [0.25, 0.3) is 11.7 Å². The number of carbonyl (C=O) groups excluding carboxylic acids is 2. The molecule has 0 atom stereocenters. The number of hydrogen-bond donors (Lipinski definition) is 0. The van der Waals surface area contributed by atoms with Crippen LogP contribution in [0.15, 0.2) is 28.8 Å². The fraction of sp³-hybridized carbons (Fsp3) is 0.350. The fourth-order valence-corrected chi connectivity index (χ4v) is 3.09. The van der Waals surface area contributed by atoms with E-state index in [-0.39, 0.29) is 35.1 Å². The molecule has 0 saturated carbocycles. The second kappa shape index (κ2) is 8.32. The van der Waals surface area contributed by atoms with Crippen molar-refractivity contribution in [3.8, 4) is 5.69 Å². The lowest BCUT2D eigenvalue weighted by Gasteiger charge is -2.14. The van der Waals surface area contributed by atoms with Crippen LogP contribution in [-0.2, 0) is 23.9 Å². The van der Waals surface area contributed by atoms with Gasteiger partial charge >= 0.3 is 6.18 Å². The van der Waals surface area contributed by atoms with Gasteiger partial charge < -0.3 is 9.42 Å². The summed E-state index contributed by atoms with van der Waals surface area (Å²) < 4.78 is 45.4. The summed E-state index contributed by atoms with van der Waals surface area (Å²) in [4.78, 5) is 30.8. The van der Waals surface area contributed by atoms with Crippen molar-refractivity contribution in [1.82, 2.24) is 24.8 Å². The van der Waals surface area contributed by atoms with Crippen molar-refractivity contribution < 1.29 is 27.3 Å². The van der Waals surface area contributed by atoms with E-state index in [9.17, 15) is 22.8 Å². The number of aryl methyl sites for hydroxylation is 2. The number of ketones is 1. The highest BCUT2D eigenvalue weighted by molar-refractivity contribution is 6.43. The van der Waals surface area contributed by atoms with Gasteiger partial charge in [0.05, 0.1) is 28.2 Å². The van der Waals surface area contributed by atoms with E-state index in [1.54, 1.807) is 0 Å². The van der Waals surface area contributed by atoms with E-state index in [0.717, 1.165) is 17.0 Å². The van der Waals surface area contributed by atoms with Gasteiger partial charge in [-0.3, -0.25) is 9.59 Å². The minimum atomic E-state index is -4.52. The summed E-state index contributed by atoms with van der Waals surface area (Å²) in [6, 6.07) is 4.57. The van der Waals surface area contributed by atoms with Gasteiger partial charge in [-0.25, -0.2) is 4.68 Å². The Kier molecular flexibility index (Phi) is 5.96. The van der Waals surface area contributed by atoms with Crippen molar-refractivity contribution in [2.75, 3.05) is 7.05 Å². The van der Waals surface area contributed by atoms with Crippen molar-refractivity contribution in [1.29, 1.82) is 0 Å². The number of halogens is 3. The molecular weight excluding hydrogens is 415 g/mol. The molecule has 0 aliphatic heterocycles. The van der Waals surface area contributed by atoms with E-state index in [1.165, 1.54) is 37.7 Å². The van der Waals surface area contributed by atoms with Gasteiger partial charge in [0, 0.05) is 13.5 Å². The first-order chi connectivity index (χ1) is 14.5. The summed E-state index contributed by atoms with van der Waals surface area (Å²) in [5, 5.41) is 7.92. The number of likely N-dealkylation sites (N-methyl/N-ethyl adjacent to an activating group) is 1. The number of hydrogen-bond acceptors (Lipinski definition) is 6. The summed E-state index contributed by atoms with van der Waals surface area (Å²) in [6.45, 7) is 4.83. The molecule has 0 spiro atoms. The molecular formula is C20H20F3N5O3. The predicted molar refractivity (Wildman–Crippen MR) is 103 cm³/mol. The van der Waals surface area contributed by atoms with Crippen molar-refractivity contribution >= 4 is 11.7 Å². The maximum atomic E-state index is 13.0. The van der Waals surface area contributed by atoms with Crippen molar-refractivity contribution in [3.05, 3.63) is 58.5 Å². The van der Waals surface area contributed by atoms with Crippen LogP contribution in [0.2, 0.25) is 0 Å². The van der Waals surface area contributed by atoms with Crippen molar-refractivity contribution in [2.24, 2.45) is 0 Å². The smallest absolute Gasteiger partial charge is 0.337 e. The van der Waals surface area contributed by atoms with E-state index < -0.39 is 23.4 Å². The second-order valence-electron chi connectivity index (χ2n) is 6.95. The molecule has 0 bridgehead atoms. The Morgan fingerprint density at radius 1 is 1.23 bits per heavy atom. The SMILES string of the molecule is CCc1noc(CN(C)C(=O)C(=O)c2c(C)nn(-c3cccc(C(F)(F)F)c3)c2C)n1. The molecule has 1 amide bonds. The zero-order valence-corrected chi connectivity index (χ0v) is 17.3. The Balaban J connectivity index is 1.87. The summed E-state index contributed by atoms with van der Waals surface area (Å²) >= 11 is 0. The van der Waals surface area contributed by atoms with E-state index in [1.807, 2.05) is 6.92 Å². The first-order valence-electron chi connectivity index (χ1n) is 9.38. The molecule has 0 fully saturated rings. The monoisotopic (exact) mass is 435 g/mol. The lowest BCUT2D eigenvalue weighted by Crippen LogP contribution is -2.33. The lowest BCUT2D eigenvalue weighted by molar-refractivity contribution is -0.137. The molecule has 11 heteroatoms. The van der Waals surface area contributed by atoms with Gasteiger partial charge in [-0.05, 0) is 32.0 Å². The van der Waals surface area contributed by atoms with Crippen LogP contribution in [0.5, 0.6) is 0 Å². The number of benzene rings is 1. The number of amides is 1. The van der Waals surface area contributed by atoms with Crippen LogP contribution in [0.4, 0.5) is 13.2 Å². The third kappa shape index (κ3) is 4.49. The number of alkyl halides is 3. The highest BCUT2D eigenvalue weighted by atomic mass is 19.4. The second-order valence-corrected chi connectivity index (χ2v) is 6.95. The molecule has 31 heavy (non-hydrogen) atoms. The van der Waals surface area contributed by atoms with E-state index >= 15 is 0 Å². The Morgan fingerprint density at radius 2 is 1.94 bits per heavy atom. The molecule has 2 heterocycles. The predicted octanol–water partition coefficient (Wildman–Crippen LogP) is 3.29. The van der Waals surface area contributed by atoms with E-state index in [2.05, 4.69) is 15.2 Å². The highest BCUT2D eigenvalue weighted by Gasteiger charge is 2.32. The molecule has 164 valence electrons. The first-order valence-corrected chi connectivity index (χ1v) is 9.38. The number of carbonyl (C=O) groups is 2. The molecule has 0 radical (unpaired) electrons. The standard InChI is InChI=1S/C20H20F3N5O3/c1-5-15-24-16(31-26-15)10-27(4)19(30)18(29)17-11(2)25-28(12(17)3)14-8-6-7-13(9-14)20(21,22)23/h6-9H,5,10H2,1-4H3. The van der Waals surface area contributed by atoms with Crippen LogP contribution in [0, 0.1) is 13.8 Å². The molecule has 0 aliphatic carbocycles. The molecule has 8 nitrogen and oxygen atoms in total. The molecule has 0 N–H and O–H groups in total. The van der Waals surface area contributed by atoms with Crippen molar-refractivity contribution in [3.63, 3.8) is 0 Å². The average molecular weight is 435 g/mol. The summed E-state index contributed by atoms with van der Waals surface area (Å²) in [6.07, 6.45) is -3.96. The zero-order chi connectivity index (χ0) is 22.9. The van der Waals surface area contributed by atoms with Crippen LogP contribution in [-0.4, -0.2) is 43.6 Å². The molecule has 1 aromatic carbocycles. The molecule has 2 aromatic heterocycles. The van der Waals surface area contributed by atoms with Gasteiger partial charge in [0.2, 0.25) is 5.89 Å². The largest absolute Gasteiger partial charge is 0.416 e. The summed E-state index contributed by atoms with van der Waals surface area (Å²) in [5.74, 6) is -0.984. The molecule has 3 aromatic rings. The van der Waals surface area contributed by atoms with E-state index in [0.29, 0.717) is 12.2 Å². The highest BCUT2D eigenvalue weighted by Crippen LogP contribution is 2.31. The first kappa shape index (κ1) is 22.2. The average Bonchev–Trinajstić information content (AvgIpc) is 3.29. The van der Waals surface area contributed by atoms with Crippen molar-refractivity contribution in [2.45, 2.75) is 39.9 Å². The van der Waals surface area contributed by atoms with Crippen LogP contribution in [0.3, 0.4) is 0 Å². The van der Waals surface area contributed by atoms with Crippen LogP contribution >= 0.6 is 0 Å². The normalized spacial score (nSPS) is 11.6. The van der Waals surface area contributed by atoms with Gasteiger partial charge in [0.15, 0.2) is 5.82 Å². The number of rotatable bonds is 6. The minimum Gasteiger partial charge on any atom is -0.337 e. The summed E-state index contributed by atoms with van der Waals surface area (Å²) in [7, 11) is 1.41.